The Morgan fingerprint density at radius 2 is 1.61 bits per heavy atom. The molecule has 0 N–H and O–H groups in total. The summed E-state index contributed by atoms with van der Waals surface area (Å²) < 4.78 is 28.5. The van der Waals surface area contributed by atoms with Crippen molar-refractivity contribution in [2.45, 2.75) is 26.7 Å². The molecule has 0 unspecified atom stereocenters. The smallest absolute Gasteiger partial charge is 0.231 e. The fraction of sp³-hybridized carbons (Fsp3) is 0.429. The van der Waals surface area contributed by atoms with Crippen LogP contribution in [0.5, 0.6) is 34.5 Å². The molecule has 0 atom stereocenters. The maximum absolute atomic E-state index is 5.94. The van der Waals surface area contributed by atoms with Gasteiger partial charge < -0.3 is 28.6 Å². The van der Waals surface area contributed by atoms with Gasteiger partial charge in [-0.3, -0.25) is 0 Å². The van der Waals surface area contributed by atoms with Crippen molar-refractivity contribution >= 4 is 0 Å². The molecule has 152 valence electrons. The van der Waals surface area contributed by atoms with Crippen LogP contribution in [0, 0.1) is 0 Å². The second-order valence-electron chi connectivity index (χ2n) is 6.09. The molecule has 2 aromatic rings. The van der Waals surface area contributed by atoms with Crippen LogP contribution in [0.25, 0.3) is 0 Å². The average molecular weight is 390 g/mol. The minimum atomic E-state index is 0.0936. The average Bonchev–Trinajstić information content (AvgIpc) is 3.20. The summed E-state index contributed by atoms with van der Waals surface area (Å²) in [5, 5.41) is 0. The van der Waals surface area contributed by atoms with Gasteiger partial charge in [0.05, 0.1) is 33.0 Å². The lowest BCUT2D eigenvalue weighted by molar-refractivity contribution is -0.180. The highest BCUT2D eigenvalue weighted by Gasteiger charge is 2.34. The summed E-state index contributed by atoms with van der Waals surface area (Å²) in [6.45, 7) is 5.01. The number of hydrogen-bond donors (Lipinski definition) is 0. The molecule has 0 saturated carbocycles. The van der Waals surface area contributed by atoms with Crippen molar-refractivity contribution < 1.29 is 33.5 Å². The van der Waals surface area contributed by atoms with Crippen molar-refractivity contribution in [3.05, 3.63) is 35.4 Å². The zero-order chi connectivity index (χ0) is 19.9. The van der Waals surface area contributed by atoms with Crippen molar-refractivity contribution in [1.29, 1.82) is 0 Å². The Hall–Kier alpha value is -2.80. The van der Waals surface area contributed by atoms with Crippen LogP contribution in [0.2, 0.25) is 0 Å². The molecular formula is C21H26O7. The third-order valence-electron chi connectivity index (χ3n) is 4.23. The molecule has 0 bridgehead atoms. The fourth-order valence-electron chi connectivity index (χ4n) is 3.01. The summed E-state index contributed by atoms with van der Waals surface area (Å²) in [4.78, 5) is 10.5. The predicted molar refractivity (Wildman–Crippen MR) is 103 cm³/mol. The highest BCUT2D eigenvalue weighted by atomic mass is 17.2. The van der Waals surface area contributed by atoms with Crippen LogP contribution in [0.4, 0.5) is 0 Å². The van der Waals surface area contributed by atoms with Crippen LogP contribution in [-0.4, -0.2) is 34.2 Å². The van der Waals surface area contributed by atoms with Crippen LogP contribution >= 0.6 is 0 Å². The Kier molecular flexibility index (Phi) is 6.71. The van der Waals surface area contributed by atoms with E-state index in [1.54, 1.807) is 7.11 Å². The maximum Gasteiger partial charge on any atom is 0.231 e. The van der Waals surface area contributed by atoms with Crippen LogP contribution in [0.3, 0.4) is 0 Å². The van der Waals surface area contributed by atoms with Gasteiger partial charge in [0.15, 0.2) is 5.75 Å². The molecular weight excluding hydrogens is 364 g/mol. The van der Waals surface area contributed by atoms with E-state index in [-0.39, 0.29) is 6.79 Å². The molecule has 1 aliphatic heterocycles. The van der Waals surface area contributed by atoms with Crippen LogP contribution in [0.15, 0.2) is 24.3 Å². The summed E-state index contributed by atoms with van der Waals surface area (Å²) in [6.07, 6.45) is 1.36. The highest BCUT2D eigenvalue weighted by Crippen LogP contribution is 2.56. The molecule has 3 rings (SSSR count). The molecule has 0 radical (unpaired) electrons. The van der Waals surface area contributed by atoms with E-state index < -0.39 is 0 Å². The Morgan fingerprint density at radius 3 is 2.21 bits per heavy atom. The molecule has 0 aliphatic carbocycles. The van der Waals surface area contributed by atoms with Gasteiger partial charge in [0, 0.05) is 6.42 Å². The van der Waals surface area contributed by atoms with Crippen molar-refractivity contribution in [2.24, 2.45) is 0 Å². The molecule has 0 saturated heterocycles. The molecule has 0 aromatic heterocycles. The zero-order valence-corrected chi connectivity index (χ0v) is 16.7. The number of hydrogen-bond acceptors (Lipinski definition) is 7. The van der Waals surface area contributed by atoms with Crippen LogP contribution < -0.4 is 28.6 Å². The molecule has 1 aliphatic rings. The summed E-state index contributed by atoms with van der Waals surface area (Å²) in [7, 11) is 3.09. The number of benzene rings is 2. The molecule has 0 amide bonds. The first-order valence-corrected chi connectivity index (χ1v) is 9.31. The van der Waals surface area contributed by atoms with Gasteiger partial charge in [-0.05, 0) is 31.0 Å². The lowest BCUT2D eigenvalue weighted by atomic mass is 10.0. The van der Waals surface area contributed by atoms with Gasteiger partial charge in [0.1, 0.15) is 5.75 Å². The van der Waals surface area contributed by atoms with Crippen molar-refractivity contribution in [3.63, 3.8) is 0 Å². The van der Waals surface area contributed by atoms with E-state index in [0.717, 1.165) is 23.3 Å². The predicted octanol–water partition coefficient (Wildman–Crippen LogP) is 4.14. The van der Waals surface area contributed by atoms with Gasteiger partial charge >= 0.3 is 0 Å². The topological polar surface area (TPSA) is 64.6 Å². The van der Waals surface area contributed by atoms with E-state index in [0.29, 0.717) is 48.4 Å². The lowest BCUT2D eigenvalue weighted by Crippen LogP contribution is -2.07. The zero-order valence-electron chi connectivity index (χ0n) is 16.7. The first kappa shape index (κ1) is 19.9. The van der Waals surface area contributed by atoms with E-state index >= 15 is 0 Å². The van der Waals surface area contributed by atoms with Crippen molar-refractivity contribution in [1.82, 2.24) is 0 Å². The van der Waals surface area contributed by atoms with Gasteiger partial charge in [-0.25, -0.2) is 0 Å². The number of fused-ring (bicyclic) bond motifs is 1. The monoisotopic (exact) mass is 390 g/mol. The van der Waals surface area contributed by atoms with Gasteiger partial charge in [-0.2, -0.15) is 4.89 Å². The van der Waals surface area contributed by atoms with Crippen molar-refractivity contribution in [3.8, 4) is 34.5 Å². The van der Waals surface area contributed by atoms with Gasteiger partial charge in [-0.1, -0.05) is 19.1 Å². The highest BCUT2D eigenvalue weighted by molar-refractivity contribution is 5.71. The van der Waals surface area contributed by atoms with Gasteiger partial charge in [-0.15, -0.1) is 0 Å². The van der Waals surface area contributed by atoms with E-state index in [2.05, 4.69) is 0 Å². The molecule has 1 heterocycles. The molecule has 0 spiro atoms. The second kappa shape index (κ2) is 9.41. The number of methoxy groups -OCH3 is 1. The molecule has 7 heteroatoms. The third-order valence-corrected chi connectivity index (χ3v) is 4.23. The van der Waals surface area contributed by atoms with E-state index in [4.69, 9.17) is 33.5 Å². The minimum absolute atomic E-state index is 0.0936. The van der Waals surface area contributed by atoms with Gasteiger partial charge in [0.2, 0.25) is 29.8 Å². The largest absolute Gasteiger partial charge is 0.497 e. The standard InChI is InChI=1S/C21H26O7/c1-5-11-25-20-18(28-23-4)16(12-14-7-9-15(22-3)10-8-14)17(24-6-2)19-21(20)27-13-26-19/h7-10H,5-6,11-13H2,1-4H3. The van der Waals surface area contributed by atoms with Crippen LogP contribution in [-0.2, 0) is 11.3 Å². The minimum Gasteiger partial charge on any atom is -0.497 e. The first-order valence-electron chi connectivity index (χ1n) is 9.31. The van der Waals surface area contributed by atoms with E-state index in [1.807, 2.05) is 38.1 Å². The molecule has 28 heavy (non-hydrogen) atoms. The summed E-state index contributed by atoms with van der Waals surface area (Å²) in [5.41, 5.74) is 1.81. The maximum atomic E-state index is 5.94. The normalized spacial score (nSPS) is 12.0. The second-order valence-corrected chi connectivity index (χ2v) is 6.09. The lowest BCUT2D eigenvalue weighted by Gasteiger charge is -2.20. The quantitative estimate of drug-likeness (QED) is 0.446. The van der Waals surface area contributed by atoms with Crippen LogP contribution in [0.1, 0.15) is 31.4 Å². The SMILES string of the molecule is CCCOc1c(OOC)c(Cc2ccc(OC)cc2)c(OCC)c2c1OCO2. The van der Waals surface area contributed by atoms with E-state index in [9.17, 15) is 0 Å². The van der Waals surface area contributed by atoms with Crippen molar-refractivity contribution in [2.75, 3.05) is 34.2 Å². The molecule has 2 aromatic carbocycles. The number of rotatable bonds is 10. The van der Waals surface area contributed by atoms with E-state index in [1.165, 1.54) is 7.11 Å². The summed E-state index contributed by atoms with van der Waals surface area (Å²) in [6, 6.07) is 7.80. The summed E-state index contributed by atoms with van der Waals surface area (Å²) >= 11 is 0. The third kappa shape index (κ3) is 4.04. The molecule has 0 fully saturated rings. The van der Waals surface area contributed by atoms with Gasteiger partial charge in [0.25, 0.3) is 0 Å². The Balaban J connectivity index is 2.12. The fourth-order valence-corrected chi connectivity index (χ4v) is 3.01. The number of ether oxygens (including phenoxy) is 5. The Labute approximate surface area is 164 Å². The summed E-state index contributed by atoms with van der Waals surface area (Å²) in [5.74, 6) is 3.26. The molecule has 7 nitrogen and oxygen atoms in total. The Morgan fingerprint density at radius 1 is 0.893 bits per heavy atom. The Bertz CT molecular complexity index is 787. The first-order chi connectivity index (χ1) is 13.7.